The Labute approximate surface area is 200 Å². The smallest absolute Gasteiger partial charge is 0.332 e. The van der Waals surface area contributed by atoms with Gasteiger partial charge in [0.25, 0.3) is 5.56 Å². The van der Waals surface area contributed by atoms with Crippen molar-refractivity contribution in [1.29, 1.82) is 0 Å². The minimum atomic E-state index is -1.29. The molecule has 0 unspecified atom stereocenters. The standard InChI is InChI=1S/C22H32N6O7/c1-21(34)11-35-22(6-8-27(9-7-22)15(29)5-4-13(23)19(31)32)10-14(21)28-12-24-17-16(28)18(30)26(3)20(33)25(17)2/h12-14,34H,4-11,23H2,1-3H3,(H,31,32)/t13-,14-,21-/m0/s1. The van der Waals surface area contributed by atoms with Crippen molar-refractivity contribution in [3.05, 3.63) is 27.2 Å². The molecular weight excluding hydrogens is 460 g/mol. The molecule has 1 amide bonds. The van der Waals surface area contributed by atoms with E-state index in [0.717, 1.165) is 4.57 Å². The first-order valence-corrected chi connectivity index (χ1v) is 11.6. The van der Waals surface area contributed by atoms with Gasteiger partial charge in [0.1, 0.15) is 11.6 Å². The molecule has 2 aromatic heterocycles. The number of nitrogens with two attached hydrogens (primary N) is 1. The molecule has 192 valence electrons. The molecule has 13 nitrogen and oxygen atoms in total. The van der Waals surface area contributed by atoms with Crippen molar-refractivity contribution in [2.75, 3.05) is 19.7 Å². The van der Waals surface area contributed by atoms with Gasteiger partial charge >= 0.3 is 11.7 Å². The summed E-state index contributed by atoms with van der Waals surface area (Å²) in [6.45, 7) is 2.53. The number of aliphatic carboxylic acids is 1. The summed E-state index contributed by atoms with van der Waals surface area (Å²) in [6.07, 6.45) is 3.06. The molecular formula is C22H32N6O7. The lowest BCUT2D eigenvalue weighted by Crippen LogP contribution is -2.57. The number of aryl methyl sites for hydroxylation is 1. The summed E-state index contributed by atoms with van der Waals surface area (Å²) >= 11 is 0. The molecule has 35 heavy (non-hydrogen) atoms. The number of fused-ring (bicyclic) bond motifs is 1. The van der Waals surface area contributed by atoms with Crippen LogP contribution >= 0.6 is 0 Å². The van der Waals surface area contributed by atoms with Gasteiger partial charge in [0.15, 0.2) is 11.2 Å². The first-order valence-electron chi connectivity index (χ1n) is 11.6. The lowest BCUT2D eigenvalue weighted by atomic mass is 9.77. The van der Waals surface area contributed by atoms with E-state index in [4.69, 9.17) is 15.6 Å². The Hall–Kier alpha value is -3.03. The van der Waals surface area contributed by atoms with Gasteiger partial charge < -0.3 is 30.2 Å². The number of nitrogens with zero attached hydrogens (tertiary/aromatic N) is 5. The summed E-state index contributed by atoms with van der Waals surface area (Å²) in [5.74, 6) is -1.29. The first kappa shape index (κ1) is 25.1. The number of carbonyl (C=O) groups excluding carboxylic acids is 1. The van der Waals surface area contributed by atoms with E-state index in [1.807, 2.05) is 0 Å². The number of rotatable bonds is 5. The van der Waals surface area contributed by atoms with Crippen molar-refractivity contribution in [3.63, 3.8) is 0 Å². The third-order valence-electron chi connectivity index (χ3n) is 7.48. The molecule has 0 bridgehead atoms. The highest BCUT2D eigenvalue weighted by Gasteiger charge is 2.50. The summed E-state index contributed by atoms with van der Waals surface area (Å²) in [5, 5.41) is 20.1. The van der Waals surface area contributed by atoms with Gasteiger partial charge in [0, 0.05) is 40.0 Å². The minimum Gasteiger partial charge on any atom is -0.480 e. The van der Waals surface area contributed by atoms with E-state index >= 15 is 0 Å². The number of hydrogen-bond donors (Lipinski definition) is 3. The van der Waals surface area contributed by atoms with Crippen molar-refractivity contribution in [2.24, 2.45) is 19.8 Å². The molecule has 1 spiro atoms. The van der Waals surface area contributed by atoms with Crippen LogP contribution in [0.3, 0.4) is 0 Å². The monoisotopic (exact) mass is 492 g/mol. The van der Waals surface area contributed by atoms with Crippen molar-refractivity contribution in [1.82, 2.24) is 23.6 Å². The number of carboxylic acid groups (broad SMARTS) is 1. The molecule has 0 saturated carbocycles. The van der Waals surface area contributed by atoms with Crippen LogP contribution in [0, 0.1) is 0 Å². The average Bonchev–Trinajstić information content (AvgIpc) is 3.26. The Bertz CT molecular complexity index is 1270. The highest BCUT2D eigenvalue weighted by Crippen LogP contribution is 2.44. The average molecular weight is 493 g/mol. The van der Waals surface area contributed by atoms with Crippen molar-refractivity contribution < 1.29 is 24.5 Å². The maximum absolute atomic E-state index is 13.0. The van der Waals surface area contributed by atoms with E-state index in [1.165, 1.54) is 17.9 Å². The van der Waals surface area contributed by atoms with E-state index in [0.29, 0.717) is 32.4 Å². The fourth-order valence-electron chi connectivity index (χ4n) is 5.10. The van der Waals surface area contributed by atoms with Crippen LogP contribution in [0.1, 0.15) is 45.1 Å². The van der Waals surface area contributed by atoms with Crippen LogP contribution in [0.4, 0.5) is 0 Å². The normalized spacial score (nSPS) is 25.2. The first-order chi connectivity index (χ1) is 16.4. The predicted octanol–water partition coefficient (Wildman–Crippen LogP) is -1.30. The van der Waals surface area contributed by atoms with E-state index in [9.17, 15) is 24.3 Å². The van der Waals surface area contributed by atoms with Gasteiger partial charge in [-0.3, -0.25) is 23.5 Å². The topological polar surface area (TPSA) is 175 Å². The summed E-state index contributed by atoms with van der Waals surface area (Å²) in [5.41, 5.74) is 3.11. The Morgan fingerprint density at radius 2 is 1.91 bits per heavy atom. The number of aliphatic hydroxyl groups is 1. The minimum absolute atomic E-state index is 0.0326. The molecule has 2 aliphatic heterocycles. The highest BCUT2D eigenvalue weighted by atomic mass is 16.5. The molecule has 2 aliphatic rings. The van der Waals surface area contributed by atoms with Crippen LogP contribution in [0.5, 0.6) is 0 Å². The lowest BCUT2D eigenvalue weighted by molar-refractivity contribution is -0.201. The van der Waals surface area contributed by atoms with E-state index in [-0.39, 0.29) is 36.5 Å². The number of carboxylic acids is 1. The number of amides is 1. The van der Waals surface area contributed by atoms with Crippen LogP contribution in [0.25, 0.3) is 11.2 Å². The molecule has 4 rings (SSSR count). The molecule has 2 saturated heterocycles. The fourth-order valence-corrected chi connectivity index (χ4v) is 5.10. The summed E-state index contributed by atoms with van der Waals surface area (Å²) in [6, 6.07) is -1.61. The Kier molecular flexibility index (Phi) is 6.36. The summed E-state index contributed by atoms with van der Waals surface area (Å²) < 4.78 is 10.1. The molecule has 13 heteroatoms. The third-order valence-corrected chi connectivity index (χ3v) is 7.48. The SMILES string of the molecule is Cn1c(=O)c2c(ncn2[C@H]2CC3(CCN(C(=O)CC[C@H](N)C(=O)O)CC3)OC[C@]2(C)O)n(C)c1=O. The Balaban J connectivity index is 1.55. The van der Waals surface area contributed by atoms with Crippen LogP contribution < -0.4 is 17.0 Å². The van der Waals surface area contributed by atoms with Gasteiger partial charge in [-0.05, 0) is 26.2 Å². The molecule has 2 aromatic rings. The van der Waals surface area contributed by atoms with Gasteiger partial charge in [0.05, 0.1) is 24.6 Å². The molecule has 4 N–H and O–H groups in total. The van der Waals surface area contributed by atoms with Gasteiger partial charge in [-0.1, -0.05) is 0 Å². The van der Waals surface area contributed by atoms with Gasteiger partial charge in [-0.25, -0.2) is 9.78 Å². The van der Waals surface area contributed by atoms with Crippen LogP contribution in [0.2, 0.25) is 0 Å². The van der Waals surface area contributed by atoms with Crippen LogP contribution in [-0.4, -0.2) is 82.6 Å². The zero-order valence-electron chi connectivity index (χ0n) is 20.1. The van der Waals surface area contributed by atoms with Crippen molar-refractivity contribution in [2.45, 2.75) is 62.3 Å². The second-order valence-corrected chi connectivity index (χ2v) is 9.94. The Morgan fingerprint density at radius 3 is 2.54 bits per heavy atom. The summed E-state index contributed by atoms with van der Waals surface area (Å²) in [4.78, 5) is 54.7. The number of likely N-dealkylation sites (tertiary alicyclic amines) is 1. The van der Waals surface area contributed by atoms with Gasteiger partial charge in [-0.2, -0.15) is 0 Å². The maximum atomic E-state index is 13.0. The van der Waals surface area contributed by atoms with Crippen molar-refractivity contribution >= 4 is 23.0 Å². The van der Waals surface area contributed by atoms with E-state index in [1.54, 1.807) is 23.4 Å². The fraction of sp³-hybridized carbons (Fsp3) is 0.682. The van der Waals surface area contributed by atoms with Crippen LogP contribution in [-0.2, 0) is 28.4 Å². The molecule has 2 fully saturated rings. The predicted molar refractivity (Wildman–Crippen MR) is 124 cm³/mol. The second-order valence-electron chi connectivity index (χ2n) is 9.94. The largest absolute Gasteiger partial charge is 0.480 e. The van der Waals surface area contributed by atoms with Crippen molar-refractivity contribution in [3.8, 4) is 0 Å². The molecule has 0 aromatic carbocycles. The zero-order chi connectivity index (χ0) is 25.7. The number of piperidine rings is 1. The van der Waals surface area contributed by atoms with Gasteiger partial charge in [-0.15, -0.1) is 0 Å². The maximum Gasteiger partial charge on any atom is 0.332 e. The number of carbonyl (C=O) groups is 2. The zero-order valence-corrected chi connectivity index (χ0v) is 20.1. The number of imidazole rings is 1. The number of aromatic nitrogens is 4. The molecule has 0 radical (unpaired) electrons. The number of hydrogen-bond acceptors (Lipinski definition) is 8. The highest BCUT2D eigenvalue weighted by molar-refractivity contribution is 5.78. The van der Waals surface area contributed by atoms with E-state index in [2.05, 4.69) is 4.98 Å². The summed E-state index contributed by atoms with van der Waals surface area (Å²) in [7, 11) is 2.95. The molecule has 4 heterocycles. The van der Waals surface area contributed by atoms with Gasteiger partial charge in [0.2, 0.25) is 5.91 Å². The van der Waals surface area contributed by atoms with E-state index < -0.39 is 40.5 Å². The molecule has 3 atom stereocenters. The third kappa shape index (κ3) is 4.39. The quantitative estimate of drug-likeness (QED) is 0.458. The molecule has 0 aliphatic carbocycles. The second kappa shape index (κ2) is 8.88. The lowest BCUT2D eigenvalue weighted by Gasteiger charge is -2.51. The Morgan fingerprint density at radius 1 is 1.26 bits per heavy atom. The van der Waals surface area contributed by atoms with Crippen LogP contribution in [0.15, 0.2) is 15.9 Å². The number of ether oxygens (including phenoxy) is 1.